The van der Waals surface area contributed by atoms with Crippen LogP contribution in [0.5, 0.6) is 5.75 Å². The van der Waals surface area contributed by atoms with Crippen molar-refractivity contribution in [2.24, 2.45) is 11.8 Å². The van der Waals surface area contributed by atoms with E-state index in [1.165, 1.54) is 26.0 Å². The number of Topliss-reactive ketones (excluding diaryl/α,β-unsaturated/α-hetero) is 1. The number of amides is 1. The normalized spacial score (nSPS) is 21.9. The van der Waals surface area contributed by atoms with Crippen molar-refractivity contribution in [1.29, 1.82) is 5.26 Å². The maximum absolute atomic E-state index is 14.0. The van der Waals surface area contributed by atoms with E-state index < -0.39 is 57.4 Å². The van der Waals surface area contributed by atoms with E-state index >= 15 is 0 Å². The topological polar surface area (TPSA) is 144 Å². The number of anilines is 2. The van der Waals surface area contributed by atoms with Crippen molar-refractivity contribution in [2.45, 2.75) is 82.3 Å². The van der Waals surface area contributed by atoms with Gasteiger partial charge in [0.15, 0.2) is 0 Å². The van der Waals surface area contributed by atoms with Crippen LogP contribution < -0.4 is 14.4 Å². The highest BCUT2D eigenvalue weighted by Crippen LogP contribution is 2.44. The van der Waals surface area contributed by atoms with Crippen LogP contribution in [0.2, 0.25) is 0 Å². The molecule has 1 aliphatic carbocycles. The first-order valence-corrected chi connectivity index (χ1v) is 14.5. The van der Waals surface area contributed by atoms with Crippen LogP contribution in [0.15, 0.2) is 29.3 Å². The Hall–Kier alpha value is -3.94. The number of rotatable bonds is 9. The Morgan fingerprint density at radius 1 is 1.28 bits per heavy atom. The summed E-state index contributed by atoms with van der Waals surface area (Å²) in [7, 11) is -4.63. The molecule has 1 fully saturated rings. The molecule has 2 heterocycles. The number of hydrogen-bond acceptors (Lipinski definition) is 8. The molecule has 0 spiro atoms. The zero-order valence-corrected chi connectivity index (χ0v) is 24.2. The Morgan fingerprint density at radius 2 is 1.95 bits per heavy atom. The number of nitrogens with one attached hydrogen (secondary N) is 1. The lowest BCUT2D eigenvalue weighted by atomic mass is 10.0. The molecule has 11 nitrogen and oxygen atoms in total. The zero-order valence-electron chi connectivity index (χ0n) is 23.4. The number of nitriles is 1. The van der Waals surface area contributed by atoms with E-state index in [-0.39, 0.29) is 52.0 Å². The second-order valence-electron chi connectivity index (χ2n) is 10.8. The molecule has 1 amide bonds. The first-order valence-electron chi connectivity index (χ1n) is 13.1. The van der Waals surface area contributed by atoms with Gasteiger partial charge in [-0.3, -0.25) is 14.4 Å². The summed E-state index contributed by atoms with van der Waals surface area (Å²) < 4.78 is 106. The highest BCUT2D eigenvalue weighted by molar-refractivity contribution is 7.93. The van der Waals surface area contributed by atoms with Crippen molar-refractivity contribution >= 4 is 33.3 Å². The molecule has 43 heavy (non-hydrogen) atoms. The molecule has 1 aromatic carbocycles. The van der Waals surface area contributed by atoms with Crippen LogP contribution in [0.3, 0.4) is 0 Å². The summed E-state index contributed by atoms with van der Waals surface area (Å²) in [4.78, 5) is 24.3. The molecule has 4 rings (SSSR count). The SMILES string of the molecule is Cc1nn(C(F)F)cc1S(=O)(=O)N1c2cc(NC(=O)OC(C)(C)C(F)(F)F)ccc2O[C@@H](CCC(=O)[C@H]2C[C@@H]2C#N)[C@H]1C. The van der Waals surface area contributed by atoms with E-state index in [4.69, 9.17) is 10.00 Å². The van der Waals surface area contributed by atoms with Gasteiger partial charge in [-0.25, -0.2) is 17.9 Å². The molecular weight excluding hydrogens is 605 g/mol. The second kappa shape index (κ2) is 11.3. The number of sulfonamides is 1. The van der Waals surface area contributed by atoms with Gasteiger partial charge in [-0.1, -0.05) is 0 Å². The molecule has 0 radical (unpaired) electrons. The number of nitrogens with zero attached hydrogens (tertiary/aromatic N) is 4. The Bertz CT molecular complexity index is 1570. The van der Waals surface area contributed by atoms with Crippen LogP contribution in [-0.4, -0.2) is 54.0 Å². The van der Waals surface area contributed by atoms with Gasteiger partial charge >= 0.3 is 18.8 Å². The van der Waals surface area contributed by atoms with Crippen molar-refractivity contribution in [3.8, 4) is 11.8 Å². The van der Waals surface area contributed by atoms with Crippen LogP contribution in [0.25, 0.3) is 0 Å². The third-order valence-corrected chi connectivity index (χ3v) is 9.32. The smallest absolute Gasteiger partial charge is 0.427 e. The Kier molecular flexibility index (Phi) is 8.39. The molecule has 2 aromatic rings. The fourth-order valence-corrected chi connectivity index (χ4v) is 6.51. The van der Waals surface area contributed by atoms with Crippen LogP contribution in [0.4, 0.5) is 38.1 Å². The van der Waals surface area contributed by atoms with E-state index in [1.807, 2.05) is 6.07 Å². The number of carbonyl (C=O) groups excluding carboxylic acids is 2. The van der Waals surface area contributed by atoms with Gasteiger partial charge in [-0.15, -0.1) is 0 Å². The molecular formula is C26H28F5N5O6S. The van der Waals surface area contributed by atoms with E-state index in [0.29, 0.717) is 26.5 Å². The molecule has 0 bridgehead atoms. The van der Waals surface area contributed by atoms with Gasteiger partial charge in [-0.2, -0.15) is 32.3 Å². The fourth-order valence-electron chi connectivity index (χ4n) is 4.67. The van der Waals surface area contributed by atoms with Crippen LogP contribution in [0, 0.1) is 30.1 Å². The minimum atomic E-state index is -4.87. The summed E-state index contributed by atoms with van der Waals surface area (Å²) in [5, 5.41) is 14.7. The fraction of sp³-hybridized carbons (Fsp3) is 0.538. The Balaban J connectivity index is 1.68. The summed E-state index contributed by atoms with van der Waals surface area (Å²) in [5.74, 6) is -0.941. The number of aromatic nitrogens is 2. The average Bonchev–Trinajstić information content (AvgIpc) is 3.58. The lowest BCUT2D eigenvalue weighted by Gasteiger charge is -2.41. The average molecular weight is 634 g/mol. The maximum Gasteiger partial charge on any atom is 0.427 e. The number of carbonyl (C=O) groups is 2. The molecule has 1 N–H and O–H groups in total. The monoisotopic (exact) mass is 633 g/mol. The summed E-state index contributed by atoms with van der Waals surface area (Å²) >= 11 is 0. The molecule has 4 atom stereocenters. The second-order valence-corrected chi connectivity index (χ2v) is 12.6. The number of ketones is 1. The number of aryl methyl sites for hydroxylation is 1. The molecule has 2 aliphatic rings. The van der Waals surface area contributed by atoms with Crippen LogP contribution in [0.1, 0.15) is 52.3 Å². The van der Waals surface area contributed by atoms with Gasteiger partial charge < -0.3 is 9.47 Å². The van der Waals surface area contributed by atoms with Crippen LogP contribution in [-0.2, 0) is 19.6 Å². The van der Waals surface area contributed by atoms with Crippen molar-refractivity contribution in [2.75, 3.05) is 9.62 Å². The maximum atomic E-state index is 14.0. The number of benzene rings is 1. The Morgan fingerprint density at radius 3 is 2.51 bits per heavy atom. The largest absolute Gasteiger partial charge is 0.486 e. The third kappa shape index (κ3) is 6.38. The van der Waals surface area contributed by atoms with Gasteiger partial charge in [0.1, 0.15) is 22.5 Å². The summed E-state index contributed by atoms with van der Waals surface area (Å²) in [6, 6.07) is 4.64. The third-order valence-electron chi connectivity index (χ3n) is 7.31. The summed E-state index contributed by atoms with van der Waals surface area (Å²) in [6.45, 7) is 0.876. The van der Waals surface area contributed by atoms with Gasteiger partial charge in [0.2, 0.25) is 5.60 Å². The van der Waals surface area contributed by atoms with E-state index in [1.54, 1.807) is 0 Å². The van der Waals surface area contributed by atoms with E-state index in [0.717, 1.165) is 10.4 Å². The molecule has 1 aromatic heterocycles. The molecule has 0 unspecified atom stereocenters. The summed E-state index contributed by atoms with van der Waals surface area (Å²) in [5.41, 5.74) is -3.36. The summed E-state index contributed by atoms with van der Waals surface area (Å²) in [6.07, 6.45) is -6.07. The minimum Gasteiger partial charge on any atom is -0.486 e. The zero-order chi connectivity index (χ0) is 32.1. The van der Waals surface area contributed by atoms with Crippen LogP contribution >= 0.6 is 0 Å². The van der Waals surface area contributed by atoms with Crippen molar-refractivity contribution in [3.63, 3.8) is 0 Å². The highest BCUT2D eigenvalue weighted by atomic mass is 32.2. The lowest BCUT2D eigenvalue weighted by molar-refractivity contribution is -0.242. The quantitative estimate of drug-likeness (QED) is 0.365. The van der Waals surface area contributed by atoms with Gasteiger partial charge in [0.05, 0.1) is 35.6 Å². The number of fused-ring (bicyclic) bond motifs is 1. The molecule has 234 valence electrons. The number of alkyl halides is 5. The van der Waals surface area contributed by atoms with E-state index in [9.17, 15) is 40.0 Å². The van der Waals surface area contributed by atoms with E-state index in [2.05, 4.69) is 15.2 Å². The number of halogens is 5. The molecule has 1 saturated carbocycles. The molecule has 17 heteroatoms. The standard InChI is InChI=1S/C26H28F5N5O6S/c1-13-22(12-35(34-13)23(27)28)43(39,40)36-14(2)20(8-6-19(37)17-9-15(17)11-32)41-21-7-5-16(10-18(21)36)33-24(38)42-25(3,4)26(29,30)31/h5,7,10,12,14-15,17,20,23H,6,8-9H2,1-4H3,(H,33,38)/t14-,15-,17+,20+/m1/s1. The first kappa shape index (κ1) is 32.0. The van der Waals surface area contributed by atoms with Crippen molar-refractivity contribution in [1.82, 2.24) is 9.78 Å². The predicted molar refractivity (Wildman–Crippen MR) is 140 cm³/mol. The van der Waals surface area contributed by atoms with Gasteiger partial charge in [0, 0.05) is 18.0 Å². The Labute approximate surface area is 243 Å². The first-order chi connectivity index (χ1) is 19.9. The van der Waals surface area contributed by atoms with Crippen molar-refractivity contribution in [3.05, 3.63) is 30.1 Å². The van der Waals surface area contributed by atoms with Gasteiger partial charge in [0.25, 0.3) is 10.0 Å². The number of ether oxygens (including phenoxy) is 2. The number of hydrogen-bond donors (Lipinski definition) is 1. The molecule has 0 saturated heterocycles. The lowest BCUT2D eigenvalue weighted by Crippen LogP contribution is -2.51. The highest BCUT2D eigenvalue weighted by Gasteiger charge is 2.51. The minimum absolute atomic E-state index is 0.0100. The predicted octanol–water partition coefficient (Wildman–Crippen LogP) is 5.33. The molecule has 1 aliphatic heterocycles. The van der Waals surface area contributed by atoms with Gasteiger partial charge in [-0.05, 0) is 58.7 Å². The van der Waals surface area contributed by atoms with Crippen molar-refractivity contribution < 1.29 is 49.4 Å².